The number of aromatic hydroxyl groups is 1. The molecule has 0 bridgehead atoms. The van der Waals surface area contributed by atoms with Crippen LogP contribution in [0.25, 0.3) is 0 Å². The molecule has 2 rings (SSSR count). The minimum atomic E-state index is -1.20. The number of hydrogen-bond acceptors (Lipinski definition) is 4. The van der Waals surface area contributed by atoms with Crippen LogP contribution >= 0.6 is 0 Å². The number of anilines is 1. The molecular weight excluding hydrogens is 286 g/mol. The molecule has 6 heteroatoms. The lowest BCUT2D eigenvalue weighted by atomic mass is 9.96. The zero-order valence-corrected chi connectivity index (χ0v) is 12.3. The Hall–Kier alpha value is -2.34. The van der Waals surface area contributed by atoms with Crippen molar-refractivity contribution < 1.29 is 24.9 Å². The number of benzene rings is 1. The van der Waals surface area contributed by atoms with Gasteiger partial charge in [0.1, 0.15) is 11.3 Å². The number of aliphatic hydroxyl groups is 1. The molecule has 1 aliphatic carbocycles. The first kappa shape index (κ1) is 16.0. The lowest BCUT2D eigenvalue weighted by Crippen LogP contribution is -2.21. The second-order valence-electron chi connectivity index (χ2n) is 5.31. The Morgan fingerprint density at radius 1 is 1.36 bits per heavy atom. The van der Waals surface area contributed by atoms with E-state index in [1.807, 2.05) is 0 Å². The zero-order chi connectivity index (χ0) is 16.3. The number of hydrogen-bond donors (Lipinski definition) is 4. The third-order valence-corrected chi connectivity index (χ3v) is 3.69. The highest BCUT2D eigenvalue weighted by Crippen LogP contribution is 2.28. The molecule has 4 N–H and O–H groups in total. The van der Waals surface area contributed by atoms with E-state index in [9.17, 15) is 19.8 Å². The van der Waals surface area contributed by atoms with Crippen LogP contribution in [0.5, 0.6) is 5.75 Å². The molecule has 118 valence electrons. The number of carboxylic acid groups (broad SMARTS) is 1. The summed E-state index contributed by atoms with van der Waals surface area (Å²) in [6, 6.07) is 2.77. The van der Waals surface area contributed by atoms with Gasteiger partial charge in [0.05, 0.1) is 6.10 Å². The molecule has 1 amide bonds. The Labute approximate surface area is 128 Å². The summed E-state index contributed by atoms with van der Waals surface area (Å²) in [5.41, 5.74) is 1.14. The van der Waals surface area contributed by atoms with Gasteiger partial charge in [-0.15, -0.1) is 0 Å². The van der Waals surface area contributed by atoms with Gasteiger partial charge in [-0.25, -0.2) is 4.79 Å². The summed E-state index contributed by atoms with van der Waals surface area (Å²) in [5, 5.41) is 31.2. The third kappa shape index (κ3) is 3.46. The molecular formula is C16H19NO5. The van der Waals surface area contributed by atoms with Crippen molar-refractivity contribution in [2.24, 2.45) is 0 Å². The maximum atomic E-state index is 12.2. The number of aliphatic hydroxyl groups excluding tert-OH is 1. The van der Waals surface area contributed by atoms with Gasteiger partial charge in [-0.1, -0.05) is 13.0 Å². The standard InChI is InChI=1S/C16H19NO5/c1-2-9-6-11(8-13(19)14(9)16(21)22)17-15(20)10-4-3-5-12(18)7-10/h4,6,8,12,18-19H,2-3,5,7H2,1H3,(H,17,20)(H,21,22). The Balaban J connectivity index is 2.23. The van der Waals surface area contributed by atoms with Gasteiger partial charge in [-0.05, 0) is 30.9 Å². The minimum Gasteiger partial charge on any atom is -0.507 e. The average molecular weight is 305 g/mol. The smallest absolute Gasteiger partial charge is 0.339 e. The summed E-state index contributed by atoms with van der Waals surface area (Å²) >= 11 is 0. The Morgan fingerprint density at radius 3 is 2.68 bits per heavy atom. The topological polar surface area (TPSA) is 107 Å². The number of carbonyl (C=O) groups excluding carboxylic acids is 1. The predicted molar refractivity (Wildman–Crippen MR) is 81.0 cm³/mol. The summed E-state index contributed by atoms with van der Waals surface area (Å²) in [5.74, 6) is -1.92. The monoisotopic (exact) mass is 305 g/mol. The first-order valence-electron chi connectivity index (χ1n) is 7.20. The number of carboxylic acids is 1. The first-order chi connectivity index (χ1) is 10.4. The summed E-state index contributed by atoms with van der Waals surface area (Å²) in [6.07, 6.45) is 3.28. The zero-order valence-electron chi connectivity index (χ0n) is 12.3. The lowest BCUT2D eigenvalue weighted by molar-refractivity contribution is -0.113. The van der Waals surface area contributed by atoms with Gasteiger partial charge in [0.2, 0.25) is 0 Å². The van der Waals surface area contributed by atoms with Gasteiger partial charge in [0, 0.05) is 23.7 Å². The summed E-state index contributed by atoms with van der Waals surface area (Å²) in [6.45, 7) is 1.77. The van der Waals surface area contributed by atoms with Crippen molar-refractivity contribution in [3.63, 3.8) is 0 Å². The van der Waals surface area contributed by atoms with Gasteiger partial charge in [0.15, 0.2) is 0 Å². The molecule has 1 aromatic carbocycles. The molecule has 0 aromatic heterocycles. The van der Waals surface area contributed by atoms with E-state index in [4.69, 9.17) is 5.11 Å². The fourth-order valence-electron chi connectivity index (χ4n) is 2.57. The lowest BCUT2D eigenvalue weighted by Gasteiger charge is -2.18. The minimum absolute atomic E-state index is 0.146. The maximum absolute atomic E-state index is 12.2. The highest BCUT2D eigenvalue weighted by Gasteiger charge is 2.20. The molecule has 0 spiro atoms. The van der Waals surface area contributed by atoms with Crippen LogP contribution < -0.4 is 5.32 Å². The molecule has 6 nitrogen and oxygen atoms in total. The van der Waals surface area contributed by atoms with E-state index in [-0.39, 0.29) is 17.2 Å². The van der Waals surface area contributed by atoms with Crippen LogP contribution in [0.15, 0.2) is 23.8 Å². The van der Waals surface area contributed by atoms with Crippen molar-refractivity contribution in [3.05, 3.63) is 34.9 Å². The van der Waals surface area contributed by atoms with E-state index in [1.165, 1.54) is 6.07 Å². The Kier molecular flexibility index (Phi) is 4.82. The van der Waals surface area contributed by atoms with E-state index in [1.54, 1.807) is 19.1 Å². The molecule has 1 aromatic rings. The molecule has 0 saturated heterocycles. The Morgan fingerprint density at radius 2 is 2.09 bits per heavy atom. The molecule has 1 atom stereocenters. The molecule has 22 heavy (non-hydrogen) atoms. The predicted octanol–water partition coefficient (Wildman–Crippen LogP) is 2.06. The number of allylic oxidation sites excluding steroid dienone is 1. The van der Waals surface area contributed by atoms with Gasteiger partial charge in [-0.3, -0.25) is 4.79 Å². The summed E-state index contributed by atoms with van der Waals surface area (Å²) in [7, 11) is 0. The largest absolute Gasteiger partial charge is 0.507 e. The molecule has 0 radical (unpaired) electrons. The first-order valence-corrected chi connectivity index (χ1v) is 7.20. The van der Waals surface area contributed by atoms with E-state index >= 15 is 0 Å². The Bertz CT molecular complexity index is 636. The average Bonchev–Trinajstić information content (AvgIpc) is 2.45. The highest BCUT2D eigenvalue weighted by molar-refractivity contribution is 6.04. The van der Waals surface area contributed by atoms with Gasteiger partial charge in [-0.2, -0.15) is 0 Å². The van der Waals surface area contributed by atoms with Crippen molar-refractivity contribution in [3.8, 4) is 5.75 Å². The summed E-state index contributed by atoms with van der Waals surface area (Å²) < 4.78 is 0. The van der Waals surface area contributed by atoms with Crippen LogP contribution in [0.3, 0.4) is 0 Å². The van der Waals surface area contributed by atoms with E-state index in [0.29, 0.717) is 42.5 Å². The summed E-state index contributed by atoms with van der Waals surface area (Å²) in [4.78, 5) is 23.3. The van der Waals surface area contributed by atoms with Gasteiger partial charge >= 0.3 is 5.97 Å². The highest BCUT2D eigenvalue weighted by atomic mass is 16.4. The van der Waals surface area contributed by atoms with Gasteiger partial charge < -0.3 is 20.6 Å². The number of amides is 1. The van der Waals surface area contributed by atoms with Crippen molar-refractivity contribution in [2.75, 3.05) is 5.32 Å². The SMILES string of the molecule is CCc1cc(NC(=O)C2=CCCC(O)C2)cc(O)c1C(=O)O. The maximum Gasteiger partial charge on any atom is 0.339 e. The van der Waals surface area contributed by atoms with Crippen LogP contribution in [0.4, 0.5) is 5.69 Å². The van der Waals surface area contributed by atoms with Crippen molar-refractivity contribution >= 4 is 17.6 Å². The van der Waals surface area contributed by atoms with Crippen molar-refractivity contribution in [2.45, 2.75) is 38.7 Å². The number of aromatic carboxylic acids is 1. The number of nitrogens with one attached hydrogen (secondary N) is 1. The second-order valence-corrected chi connectivity index (χ2v) is 5.31. The fourth-order valence-corrected chi connectivity index (χ4v) is 2.57. The number of phenols is 1. The van der Waals surface area contributed by atoms with E-state index in [0.717, 1.165) is 0 Å². The van der Waals surface area contributed by atoms with Gasteiger partial charge in [0.25, 0.3) is 5.91 Å². The van der Waals surface area contributed by atoms with Crippen molar-refractivity contribution in [1.82, 2.24) is 0 Å². The number of aryl methyl sites for hydroxylation is 1. The fraction of sp³-hybridized carbons (Fsp3) is 0.375. The van der Waals surface area contributed by atoms with Crippen LogP contribution in [0.1, 0.15) is 42.1 Å². The normalized spacial score (nSPS) is 17.7. The third-order valence-electron chi connectivity index (χ3n) is 3.69. The molecule has 0 saturated carbocycles. The van der Waals surface area contributed by atoms with E-state index in [2.05, 4.69) is 5.32 Å². The van der Waals surface area contributed by atoms with Crippen LogP contribution in [-0.2, 0) is 11.2 Å². The number of rotatable bonds is 4. The van der Waals surface area contributed by atoms with Crippen LogP contribution in [0.2, 0.25) is 0 Å². The second kappa shape index (κ2) is 6.62. The molecule has 1 unspecified atom stereocenters. The molecule has 1 aliphatic rings. The van der Waals surface area contributed by atoms with Crippen LogP contribution in [0, 0.1) is 0 Å². The molecule has 0 heterocycles. The van der Waals surface area contributed by atoms with Crippen molar-refractivity contribution in [1.29, 1.82) is 0 Å². The molecule has 0 fully saturated rings. The van der Waals surface area contributed by atoms with E-state index < -0.39 is 12.1 Å². The number of carbonyl (C=O) groups is 2. The quantitative estimate of drug-likeness (QED) is 0.681. The van der Waals surface area contributed by atoms with Crippen LogP contribution in [-0.4, -0.2) is 33.3 Å². The molecule has 0 aliphatic heterocycles.